The van der Waals surface area contributed by atoms with Crippen molar-refractivity contribution < 1.29 is 23.1 Å². The number of nitrogens with zero attached hydrogens (tertiary/aromatic N) is 4. The highest BCUT2D eigenvalue weighted by Gasteiger charge is 2.21. The van der Waals surface area contributed by atoms with Gasteiger partial charge in [0, 0.05) is 24.5 Å². The molecule has 0 saturated carbocycles. The molecule has 0 radical (unpaired) electrons. The van der Waals surface area contributed by atoms with E-state index in [1.165, 1.54) is 12.1 Å². The zero-order valence-electron chi connectivity index (χ0n) is 19.4. The number of aliphatic hydroxyl groups excluding tert-OH is 1. The van der Waals surface area contributed by atoms with Crippen LogP contribution in [0.4, 0.5) is 13.2 Å². The van der Waals surface area contributed by atoms with Gasteiger partial charge in [-0.2, -0.15) is 4.39 Å². The first kappa shape index (κ1) is 24.8. The van der Waals surface area contributed by atoms with Crippen LogP contribution in [0.15, 0.2) is 60.0 Å². The second kappa shape index (κ2) is 11.4. The van der Waals surface area contributed by atoms with Crippen molar-refractivity contribution in [1.29, 1.82) is 0 Å². The van der Waals surface area contributed by atoms with Gasteiger partial charge < -0.3 is 9.94 Å². The molecule has 1 aromatic carbocycles. The van der Waals surface area contributed by atoms with Crippen molar-refractivity contribution in [2.75, 3.05) is 19.7 Å². The topological polar surface area (TPSA) is 70.8 Å². The zero-order valence-corrected chi connectivity index (χ0v) is 19.4. The normalized spacial score (nSPS) is 16.3. The van der Waals surface area contributed by atoms with E-state index in [1.54, 1.807) is 25.4 Å². The molecule has 1 fully saturated rings. The highest BCUT2D eigenvalue weighted by molar-refractivity contribution is 6.11. The van der Waals surface area contributed by atoms with Crippen molar-refractivity contribution in [3.8, 4) is 0 Å². The molecule has 3 heterocycles. The number of pyridine rings is 2. The van der Waals surface area contributed by atoms with Crippen molar-refractivity contribution in [3.05, 3.63) is 94.8 Å². The van der Waals surface area contributed by atoms with E-state index in [2.05, 4.69) is 20.0 Å². The minimum Gasteiger partial charge on any atom is -0.392 e. The molecule has 6 nitrogen and oxygen atoms in total. The average Bonchev–Trinajstić information content (AvgIpc) is 2.85. The third-order valence-corrected chi connectivity index (χ3v) is 5.95. The van der Waals surface area contributed by atoms with E-state index in [1.807, 2.05) is 12.1 Å². The highest BCUT2D eigenvalue weighted by atomic mass is 19.2. The maximum atomic E-state index is 13.8. The van der Waals surface area contributed by atoms with Crippen LogP contribution in [0.25, 0.3) is 0 Å². The smallest absolute Gasteiger partial charge is 0.212 e. The quantitative estimate of drug-likeness (QED) is 0.291. The minimum absolute atomic E-state index is 0.0464. The number of likely N-dealkylation sites (tertiary alicyclic amines) is 1. The van der Waals surface area contributed by atoms with E-state index < -0.39 is 23.7 Å². The molecule has 0 amide bonds. The third-order valence-electron chi connectivity index (χ3n) is 5.95. The lowest BCUT2D eigenvalue weighted by atomic mass is 9.90. The molecule has 1 N–H and O–H groups in total. The Morgan fingerprint density at radius 3 is 2.49 bits per heavy atom. The molecule has 0 bridgehead atoms. The molecule has 1 atom stereocenters. The maximum absolute atomic E-state index is 13.8. The number of benzene rings is 1. The number of oxime groups is 1. The van der Waals surface area contributed by atoms with Gasteiger partial charge in [0.2, 0.25) is 5.95 Å². The first-order valence-electron chi connectivity index (χ1n) is 11.5. The van der Waals surface area contributed by atoms with E-state index >= 15 is 0 Å². The Bertz CT molecular complexity index is 1150. The van der Waals surface area contributed by atoms with Gasteiger partial charge >= 0.3 is 0 Å². The van der Waals surface area contributed by atoms with Crippen molar-refractivity contribution in [2.45, 2.75) is 38.3 Å². The molecule has 2 aromatic heterocycles. The zero-order chi connectivity index (χ0) is 24.8. The number of piperidine rings is 1. The minimum atomic E-state index is -0.998. The van der Waals surface area contributed by atoms with Crippen LogP contribution in [0.2, 0.25) is 0 Å². The van der Waals surface area contributed by atoms with Crippen LogP contribution in [0.3, 0.4) is 0 Å². The average molecular weight is 485 g/mol. The summed E-state index contributed by atoms with van der Waals surface area (Å²) in [5.41, 5.74) is 3.06. The summed E-state index contributed by atoms with van der Waals surface area (Å²) in [6.45, 7) is 4.03. The van der Waals surface area contributed by atoms with Crippen LogP contribution in [-0.4, -0.2) is 51.5 Å². The summed E-state index contributed by atoms with van der Waals surface area (Å²) >= 11 is 0. The van der Waals surface area contributed by atoms with E-state index in [0.717, 1.165) is 55.7 Å². The van der Waals surface area contributed by atoms with Gasteiger partial charge in [-0.3, -0.25) is 9.88 Å². The van der Waals surface area contributed by atoms with Gasteiger partial charge in [0.1, 0.15) is 12.3 Å². The number of hydrogen-bond acceptors (Lipinski definition) is 6. The molecule has 1 saturated heterocycles. The summed E-state index contributed by atoms with van der Waals surface area (Å²) in [7, 11) is 0. The van der Waals surface area contributed by atoms with E-state index in [0.29, 0.717) is 17.2 Å². The Morgan fingerprint density at radius 2 is 1.86 bits per heavy atom. The molecule has 184 valence electrons. The fraction of sp³-hybridized carbons (Fsp3) is 0.346. The number of aliphatic hydroxyl groups is 1. The van der Waals surface area contributed by atoms with Crippen LogP contribution < -0.4 is 0 Å². The number of halogens is 3. The Hall–Kier alpha value is -3.30. The van der Waals surface area contributed by atoms with Crippen molar-refractivity contribution in [3.63, 3.8) is 0 Å². The summed E-state index contributed by atoms with van der Waals surface area (Å²) < 4.78 is 40.3. The molecule has 35 heavy (non-hydrogen) atoms. The molecule has 4 rings (SSSR count). The van der Waals surface area contributed by atoms with E-state index in [-0.39, 0.29) is 12.3 Å². The molecule has 1 aliphatic heterocycles. The Kier molecular flexibility index (Phi) is 8.09. The first-order chi connectivity index (χ1) is 16.9. The number of rotatable bonds is 8. The van der Waals surface area contributed by atoms with Crippen LogP contribution >= 0.6 is 0 Å². The molecule has 9 heteroatoms. The SMILES string of the molecule is C[C@@H](O)CON=C(c1ccc(F)c(F)c1)c1ccc(CN2CCC(c3ccc(F)nc3)CC2)cn1. The third kappa shape index (κ3) is 6.64. The maximum Gasteiger partial charge on any atom is 0.212 e. The second-order valence-corrected chi connectivity index (χ2v) is 8.73. The van der Waals surface area contributed by atoms with Gasteiger partial charge in [0.15, 0.2) is 11.6 Å². The fourth-order valence-corrected chi connectivity index (χ4v) is 4.07. The Labute approximate surface area is 202 Å². The summed E-state index contributed by atoms with van der Waals surface area (Å²) in [5.74, 6) is -2.05. The van der Waals surface area contributed by atoms with Gasteiger partial charge in [-0.1, -0.05) is 17.3 Å². The van der Waals surface area contributed by atoms with Gasteiger partial charge in [-0.25, -0.2) is 13.8 Å². The predicted molar refractivity (Wildman–Crippen MR) is 125 cm³/mol. The van der Waals surface area contributed by atoms with Crippen LogP contribution in [-0.2, 0) is 11.4 Å². The van der Waals surface area contributed by atoms with Gasteiger partial charge in [-0.05, 0) is 80.2 Å². The molecule has 3 aromatic rings. The number of aromatic nitrogens is 2. The highest BCUT2D eigenvalue weighted by Crippen LogP contribution is 2.28. The molecular formula is C26H27F3N4O2. The van der Waals surface area contributed by atoms with E-state index in [9.17, 15) is 18.3 Å². The van der Waals surface area contributed by atoms with Gasteiger partial charge in [0.25, 0.3) is 0 Å². The fourth-order valence-electron chi connectivity index (χ4n) is 4.07. The molecule has 0 spiro atoms. The van der Waals surface area contributed by atoms with Crippen molar-refractivity contribution >= 4 is 5.71 Å². The standard InChI is InChI=1S/C26H27F3N4O2/c1-17(34)16-35-32-26(20-3-5-22(27)23(28)12-20)24-6-2-18(13-30-24)15-33-10-8-19(9-11-33)21-4-7-25(29)31-14-21/h2-7,12-14,17,19,34H,8-11,15-16H2,1H3/t17-/m1/s1. The van der Waals surface area contributed by atoms with E-state index in [4.69, 9.17) is 4.84 Å². The van der Waals surface area contributed by atoms with Crippen LogP contribution in [0, 0.1) is 17.6 Å². The lowest BCUT2D eigenvalue weighted by Gasteiger charge is -2.32. The van der Waals surface area contributed by atoms with Crippen LogP contribution in [0.5, 0.6) is 0 Å². The summed E-state index contributed by atoms with van der Waals surface area (Å²) in [5, 5.41) is 13.5. The monoisotopic (exact) mass is 484 g/mol. The molecule has 1 aliphatic rings. The number of hydrogen-bond donors (Lipinski definition) is 1. The second-order valence-electron chi connectivity index (χ2n) is 8.73. The summed E-state index contributed by atoms with van der Waals surface area (Å²) in [6.07, 6.45) is 4.55. The van der Waals surface area contributed by atoms with Gasteiger partial charge in [0.05, 0.1) is 11.8 Å². The molecular weight excluding hydrogens is 457 g/mol. The van der Waals surface area contributed by atoms with Crippen LogP contribution in [0.1, 0.15) is 48.1 Å². The lowest BCUT2D eigenvalue weighted by Crippen LogP contribution is -2.32. The predicted octanol–water partition coefficient (Wildman–Crippen LogP) is 4.42. The Balaban J connectivity index is 1.42. The molecule has 0 unspecified atom stereocenters. The lowest BCUT2D eigenvalue weighted by molar-refractivity contribution is 0.0502. The van der Waals surface area contributed by atoms with Crippen molar-refractivity contribution in [2.24, 2.45) is 5.16 Å². The van der Waals surface area contributed by atoms with Crippen molar-refractivity contribution in [1.82, 2.24) is 14.9 Å². The summed E-state index contributed by atoms with van der Waals surface area (Å²) in [6, 6.07) is 10.4. The largest absolute Gasteiger partial charge is 0.392 e. The first-order valence-corrected chi connectivity index (χ1v) is 11.5. The van der Waals surface area contributed by atoms with Gasteiger partial charge in [-0.15, -0.1) is 0 Å². The Morgan fingerprint density at radius 1 is 1.06 bits per heavy atom. The summed E-state index contributed by atoms with van der Waals surface area (Å²) in [4.78, 5) is 15.8. The molecule has 0 aliphatic carbocycles.